The molecule has 1 spiro atoms. The average molecular weight is 411 g/mol. The lowest BCUT2D eigenvalue weighted by molar-refractivity contribution is -0.245. The molecule has 0 aromatic heterocycles. The molecule has 156 valence electrons. The Balaban J connectivity index is 1.79. The van der Waals surface area contributed by atoms with Gasteiger partial charge in [0.1, 0.15) is 5.60 Å². The second kappa shape index (κ2) is 5.65. The number of benzene rings is 1. The van der Waals surface area contributed by atoms with Crippen molar-refractivity contribution in [2.75, 3.05) is 20.7 Å². The molecule has 1 saturated heterocycles. The van der Waals surface area contributed by atoms with Gasteiger partial charge in [-0.2, -0.15) is 13.2 Å². The van der Waals surface area contributed by atoms with Crippen molar-refractivity contribution >= 4 is 11.8 Å². The third-order valence-corrected chi connectivity index (χ3v) is 7.20. The molecule has 1 saturated carbocycles. The summed E-state index contributed by atoms with van der Waals surface area (Å²) in [7, 11) is 3.29. The van der Waals surface area contributed by atoms with Gasteiger partial charge in [-0.25, -0.2) is 4.79 Å². The van der Waals surface area contributed by atoms with Crippen molar-refractivity contribution in [3.63, 3.8) is 0 Å². The molecule has 2 heterocycles. The zero-order valence-electron chi connectivity index (χ0n) is 16.0. The number of halogens is 3. The monoisotopic (exact) mass is 411 g/mol. The molecule has 6 nitrogen and oxygen atoms in total. The van der Waals surface area contributed by atoms with Crippen LogP contribution in [-0.4, -0.2) is 61.3 Å². The molecule has 29 heavy (non-hydrogen) atoms. The Labute approximate surface area is 164 Å². The van der Waals surface area contributed by atoms with E-state index in [2.05, 4.69) is 0 Å². The van der Waals surface area contributed by atoms with E-state index < -0.39 is 35.3 Å². The number of hydrogen-bond donors (Lipinski definition) is 0. The van der Waals surface area contributed by atoms with Crippen molar-refractivity contribution in [2.24, 2.45) is 0 Å². The minimum absolute atomic E-state index is 0.00642. The highest BCUT2D eigenvalue weighted by Gasteiger charge is 2.76. The van der Waals surface area contributed by atoms with E-state index in [0.717, 1.165) is 5.56 Å². The van der Waals surface area contributed by atoms with Gasteiger partial charge in [0.15, 0.2) is 23.4 Å². The van der Waals surface area contributed by atoms with Crippen molar-refractivity contribution in [2.45, 2.75) is 55.0 Å². The van der Waals surface area contributed by atoms with Crippen molar-refractivity contribution < 1.29 is 37.0 Å². The predicted octanol–water partition coefficient (Wildman–Crippen LogP) is 2.16. The standard InChI is InChI=1S/C20H20F3NO5/c1-24-8-7-18-14-10-3-4-12(27-2)15(14)28-16(18)11(25)5-6-19(18,13(24)9-10)29-17(26)20(21,22)23/h3-4,13,16H,5-9H2,1-2H3/t13-,16+,18+,19-/m1/s1. The molecule has 9 heteroatoms. The molecule has 4 aliphatic rings. The SMILES string of the molecule is COc1ccc2c3c1O[C@H]1C(=O)CC[C@@]4(OC(=O)C(F)(F)F)[C@@H](C2)N(C)CC[C@]314. The van der Waals surface area contributed by atoms with Gasteiger partial charge in [-0.05, 0) is 44.5 Å². The second-order valence-electron chi connectivity index (χ2n) is 8.29. The van der Waals surface area contributed by atoms with E-state index in [-0.39, 0.29) is 18.6 Å². The number of ether oxygens (including phenoxy) is 3. The fourth-order valence-electron chi connectivity index (χ4n) is 6.09. The van der Waals surface area contributed by atoms with Crippen molar-refractivity contribution in [1.82, 2.24) is 4.90 Å². The fourth-order valence-corrected chi connectivity index (χ4v) is 6.09. The maximum absolute atomic E-state index is 13.2. The number of rotatable bonds is 2. The molecule has 5 rings (SSSR count). The molecule has 2 bridgehead atoms. The van der Waals surface area contributed by atoms with Crippen LogP contribution < -0.4 is 9.47 Å². The molecule has 2 aliphatic carbocycles. The van der Waals surface area contributed by atoms with E-state index >= 15 is 0 Å². The fraction of sp³-hybridized carbons (Fsp3) is 0.600. The first kappa shape index (κ1) is 18.7. The lowest BCUT2D eigenvalue weighted by Gasteiger charge is -2.63. The van der Waals surface area contributed by atoms with Crippen LogP contribution in [0.3, 0.4) is 0 Å². The van der Waals surface area contributed by atoms with E-state index in [4.69, 9.17) is 14.2 Å². The van der Waals surface area contributed by atoms with Crippen LogP contribution in [0.4, 0.5) is 13.2 Å². The Hall–Kier alpha value is -2.29. The Morgan fingerprint density at radius 1 is 1.31 bits per heavy atom. The molecule has 2 aliphatic heterocycles. The van der Waals surface area contributed by atoms with Crippen LogP contribution >= 0.6 is 0 Å². The van der Waals surface area contributed by atoms with E-state index in [9.17, 15) is 22.8 Å². The zero-order valence-corrected chi connectivity index (χ0v) is 16.0. The normalized spacial score (nSPS) is 35.0. The molecular formula is C20H20F3NO5. The largest absolute Gasteiger partial charge is 0.493 e. The summed E-state index contributed by atoms with van der Waals surface area (Å²) >= 11 is 0. The summed E-state index contributed by atoms with van der Waals surface area (Å²) in [5.74, 6) is -1.59. The zero-order chi connectivity index (χ0) is 20.8. The molecular weight excluding hydrogens is 391 g/mol. The summed E-state index contributed by atoms with van der Waals surface area (Å²) in [6.45, 7) is 0.555. The maximum Gasteiger partial charge on any atom is 0.490 e. The lowest BCUT2D eigenvalue weighted by Crippen LogP contribution is -2.77. The van der Waals surface area contributed by atoms with Gasteiger partial charge < -0.3 is 14.2 Å². The van der Waals surface area contributed by atoms with Gasteiger partial charge in [-0.3, -0.25) is 9.69 Å². The number of Topliss-reactive ketones (excluding diaryl/α,β-unsaturated/α-hetero) is 1. The van der Waals surface area contributed by atoms with E-state index in [1.54, 1.807) is 6.07 Å². The number of alkyl halides is 3. The van der Waals surface area contributed by atoms with Crippen LogP contribution in [0.15, 0.2) is 12.1 Å². The van der Waals surface area contributed by atoms with Crippen molar-refractivity contribution in [1.29, 1.82) is 0 Å². The molecule has 4 atom stereocenters. The molecule has 1 aromatic rings. The van der Waals surface area contributed by atoms with Crippen LogP contribution in [0.25, 0.3) is 0 Å². The number of likely N-dealkylation sites (tertiary alicyclic amines) is 1. The first-order valence-corrected chi connectivity index (χ1v) is 9.56. The molecule has 0 amide bonds. The highest BCUT2D eigenvalue weighted by Crippen LogP contribution is 2.66. The minimum atomic E-state index is -5.12. The minimum Gasteiger partial charge on any atom is -0.493 e. The Bertz CT molecular complexity index is 931. The lowest BCUT2D eigenvalue weighted by atomic mass is 9.49. The van der Waals surface area contributed by atoms with Crippen molar-refractivity contribution in [3.8, 4) is 11.5 Å². The highest BCUT2D eigenvalue weighted by molar-refractivity contribution is 5.90. The summed E-state index contributed by atoms with van der Waals surface area (Å²) in [5.41, 5.74) is -1.06. The number of nitrogens with zero attached hydrogens (tertiary/aromatic N) is 1. The summed E-state index contributed by atoms with van der Waals surface area (Å²) < 4.78 is 56.5. The van der Waals surface area contributed by atoms with Gasteiger partial charge in [0.2, 0.25) is 0 Å². The molecule has 0 N–H and O–H groups in total. The van der Waals surface area contributed by atoms with Crippen LogP contribution in [-0.2, 0) is 26.2 Å². The number of hydrogen-bond acceptors (Lipinski definition) is 6. The quantitative estimate of drug-likeness (QED) is 0.695. The maximum atomic E-state index is 13.2. The topological polar surface area (TPSA) is 65.1 Å². The summed E-state index contributed by atoms with van der Waals surface area (Å²) in [6.07, 6.45) is -5.31. The molecule has 2 fully saturated rings. The van der Waals surface area contributed by atoms with E-state index in [1.807, 2.05) is 18.0 Å². The van der Waals surface area contributed by atoms with Crippen LogP contribution in [0.1, 0.15) is 30.4 Å². The number of ketones is 1. The number of carbonyl (C=O) groups excluding carboxylic acids is 2. The van der Waals surface area contributed by atoms with Gasteiger partial charge in [0.05, 0.1) is 18.6 Å². The van der Waals surface area contributed by atoms with E-state index in [1.165, 1.54) is 7.11 Å². The second-order valence-corrected chi connectivity index (χ2v) is 8.29. The van der Waals surface area contributed by atoms with Crippen LogP contribution in [0.5, 0.6) is 11.5 Å². The van der Waals surface area contributed by atoms with Gasteiger partial charge in [0, 0.05) is 12.0 Å². The third-order valence-electron chi connectivity index (χ3n) is 7.20. The Morgan fingerprint density at radius 2 is 2.07 bits per heavy atom. The highest BCUT2D eigenvalue weighted by atomic mass is 19.4. The van der Waals surface area contributed by atoms with Gasteiger partial charge >= 0.3 is 12.1 Å². The Morgan fingerprint density at radius 3 is 2.76 bits per heavy atom. The number of carbonyl (C=O) groups is 2. The van der Waals surface area contributed by atoms with E-state index in [0.29, 0.717) is 36.4 Å². The number of piperidine rings is 1. The number of methoxy groups -OCH3 is 1. The number of esters is 1. The van der Waals surface area contributed by atoms with Crippen LogP contribution in [0.2, 0.25) is 0 Å². The van der Waals surface area contributed by atoms with Gasteiger partial charge in [-0.1, -0.05) is 6.07 Å². The molecule has 1 aromatic carbocycles. The average Bonchev–Trinajstić information content (AvgIpc) is 3.02. The summed E-state index contributed by atoms with van der Waals surface area (Å²) in [5, 5.41) is 0. The first-order chi connectivity index (χ1) is 13.7. The molecule has 0 radical (unpaired) electrons. The summed E-state index contributed by atoms with van der Waals surface area (Å²) in [6, 6.07) is 3.14. The Kier molecular flexibility index (Phi) is 3.65. The first-order valence-electron chi connectivity index (χ1n) is 9.56. The predicted molar refractivity (Wildman–Crippen MR) is 92.9 cm³/mol. The van der Waals surface area contributed by atoms with Gasteiger partial charge in [-0.15, -0.1) is 0 Å². The third kappa shape index (κ3) is 2.11. The molecule has 0 unspecified atom stereocenters. The smallest absolute Gasteiger partial charge is 0.490 e. The van der Waals surface area contributed by atoms with Crippen molar-refractivity contribution in [3.05, 3.63) is 23.3 Å². The van der Waals surface area contributed by atoms with Gasteiger partial charge in [0.25, 0.3) is 0 Å². The van der Waals surface area contributed by atoms with Crippen LogP contribution in [0, 0.1) is 0 Å². The number of likely N-dealkylation sites (N-methyl/N-ethyl adjacent to an activating group) is 1. The summed E-state index contributed by atoms with van der Waals surface area (Å²) in [4.78, 5) is 26.9.